The van der Waals surface area contributed by atoms with Crippen LogP contribution >= 0.6 is 11.8 Å². The van der Waals surface area contributed by atoms with Gasteiger partial charge in [0.2, 0.25) is 10.0 Å². The van der Waals surface area contributed by atoms with Crippen LogP contribution in [0, 0.1) is 5.92 Å². The number of rotatable bonds is 9. The van der Waals surface area contributed by atoms with Crippen LogP contribution < -0.4 is 15.8 Å². The van der Waals surface area contributed by atoms with E-state index in [1.54, 1.807) is 10.9 Å². The van der Waals surface area contributed by atoms with E-state index in [1.807, 2.05) is 6.26 Å². The molecule has 0 unspecified atom stereocenters. The molecule has 1 amide bonds. The number of nitrogens with one attached hydrogen (secondary N) is 2. The molecular weight excluding hydrogens is 438 g/mol. The quantitative estimate of drug-likeness (QED) is 0.321. The topological polar surface area (TPSA) is 145 Å². The SMILES string of the molecule is CSc1nc(NCC(C)C)c2cnn(CCNC(=O)c3ccc(S(N)(=O)=O)cc3)c2n1. The van der Waals surface area contributed by atoms with E-state index in [4.69, 9.17) is 5.14 Å². The van der Waals surface area contributed by atoms with Crippen LogP contribution in [0.15, 0.2) is 40.5 Å². The summed E-state index contributed by atoms with van der Waals surface area (Å²) < 4.78 is 24.4. The molecule has 166 valence electrons. The first-order chi connectivity index (χ1) is 14.7. The van der Waals surface area contributed by atoms with Crippen molar-refractivity contribution in [3.05, 3.63) is 36.0 Å². The summed E-state index contributed by atoms with van der Waals surface area (Å²) in [5.41, 5.74) is 1.03. The Balaban J connectivity index is 1.69. The zero-order chi connectivity index (χ0) is 22.6. The van der Waals surface area contributed by atoms with Crippen LogP contribution in [0.2, 0.25) is 0 Å². The summed E-state index contributed by atoms with van der Waals surface area (Å²) in [5, 5.41) is 17.1. The van der Waals surface area contributed by atoms with Gasteiger partial charge in [0.25, 0.3) is 5.91 Å². The van der Waals surface area contributed by atoms with Crippen LogP contribution in [0.3, 0.4) is 0 Å². The van der Waals surface area contributed by atoms with Crippen molar-refractivity contribution in [1.82, 2.24) is 25.1 Å². The van der Waals surface area contributed by atoms with E-state index < -0.39 is 10.0 Å². The maximum absolute atomic E-state index is 12.3. The number of nitrogens with zero attached hydrogens (tertiary/aromatic N) is 4. The molecule has 2 aromatic heterocycles. The van der Waals surface area contributed by atoms with Gasteiger partial charge in [0.1, 0.15) is 5.82 Å². The van der Waals surface area contributed by atoms with Gasteiger partial charge in [-0.15, -0.1) is 0 Å². The molecule has 0 aliphatic heterocycles. The third kappa shape index (κ3) is 5.71. The van der Waals surface area contributed by atoms with Crippen LogP contribution in [0.4, 0.5) is 5.82 Å². The summed E-state index contributed by atoms with van der Waals surface area (Å²) in [7, 11) is -3.79. The van der Waals surface area contributed by atoms with Gasteiger partial charge in [-0.05, 0) is 36.4 Å². The molecule has 12 heteroatoms. The Morgan fingerprint density at radius 1 is 1.23 bits per heavy atom. The van der Waals surface area contributed by atoms with Gasteiger partial charge in [-0.3, -0.25) is 4.79 Å². The van der Waals surface area contributed by atoms with Crippen molar-refractivity contribution in [3.63, 3.8) is 0 Å². The average molecular weight is 464 g/mol. The second kappa shape index (κ2) is 9.62. The number of nitrogens with two attached hydrogens (primary N) is 1. The number of benzene rings is 1. The van der Waals surface area contributed by atoms with Gasteiger partial charge in [-0.1, -0.05) is 25.6 Å². The molecule has 0 saturated carbocycles. The predicted molar refractivity (Wildman–Crippen MR) is 121 cm³/mol. The Kier molecular flexibility index (Phi) is 7.13. The second-order valence-corrected chi connectivity index (χ2v) is 9.60. The normalized spacial score (nSPS) is 11.8. The minimum atomic E-state index is -3.79. The van der Waals surface area contributed by atoms with Crippen molar-refractivity contribution >= 4 is 44.5 Å². The first-order valence-corrected chi connectivity index (χ1v) is 12.4. The van der Waals surface area contributed by atoms with Crippen LogP contribution in [0.25, 0.3) is 11.0 Å². The van der Waals surface area contributed by atoms with Gasteiger partial charge in [0.15, 0.2) is 10.8 Å². The smallest absolute Gasteiger partial charge is 0.251 e. The van der Waals surface area contributed by atoms with Gasteiger partial charge >= 0.3 is 0 Å². The van der Waals surface area contributed by atoms with Crippen molar-refractivity contribution in [2.24, 2.45) is 11.1 Å². The average Bonchev–Trinajstić information content (AvgIpc) is 3.14. The zero-order valence-corrected chi connectivity index (χ0v) is 19.1. The molecule has 0 atom stereocenters. The molecule has 0 fully saturated rings. The van der Waals surface area contributed by atoms with E-state index in [-0.39, 0.29) is 10.8 Å². The van der Waals surface area contributed by atoms with Gasteiger partial charge in [-0.2, -0.15) is 5.10 Å². The lowest BCUT2D eigenvalue weighted by Gasteiger charge is -2.11. The highest BCUT2D eigenvalue weighted by molar-refractivity contribution is 7.98. The minimum absolute atomic E-state index is 0.0433. The first-order valence-electron chi connectivity index (χ1n) is 9.61. The number of primary sulfonamides is 1. The molecule has 0 radical (unpaired) electrons. The molecule has 0 aliphatic rings. The number of fused-ring (bicyclic) bond motifs is 1. The molecule has 0 saturated heterocycles. The Bertz CT molecular complexity index is 1180. The summed E-state index contributed by atoms with van der Waals surface area (Å²) in [4.78, 5) is 21.4. The number of carbonyl (C=O) groups is 1. The van der Waals surface area contributed by atoms with Gasteiger partial charge < -0.3 is 10.6 Å². The number of sulfonamides is 1. The lowest BCUT2D eigenvalue weighted by Crippen LogP contribution is -2.27. The van der Waals surface area contributed by atoms with Gasteiger partial charge in [0.05, 0.1) is 23.0 Å². The highest BCUT2D eigenvalue weighted by Crippen LogP contribution is 2.23. The number of aromatic nitrogens is 4. The first kappa shape index (κ1) is 23.0. The molecule has 0 bridgehead atoms. The van der Waals surface area contributed by atoms with Crippen molar-refractivity contribution in [2.45, 2.75) is 30.4 Å². The van der Waals surface area contributed by atoms with E-state index in [0.717, 1.165) is 17.7 Å². The zero-order valence-electron chi connectivity index (χ0n) is 17.5. The maximum atomic E-state index is 12.3. The largest absolute Gasteiger partial charge is 0.369 e. The summed E-state index contributed by atoms with van der Waals surface area (Å²) in [6, 6.07) is 5.45. The summed E-state index contributed by atoms with van der Waals surface area (Å²) >= 11 is 1.45. The molecule has 1 aromatic carbocycles. The molecule has 3 rings (SSSR count). The fourth-order valence-corrected chi connectivity index (χ4v) is 3.67. The van der Waals surface area contributed by atoms with Crippen molar-refractivity contribution in [1.29, 1.82) is 0 Å². The number of carbonyl (C=O) groups excluding carboxylic acids is 1. The molecule has 10 nitrogen and oxygen atoms in total. The monoisotopic (exact) mass is 463 g/mol. The standard InChI is InChI=1S/C19H25N7O3S2/c1-12(2)10-22-16-15-11-23-26(17(15)25-19(24-16)30-3)9-8-21-18(27)13-4-6-14(7-5-13)31(20,28)29/h4-7,11-12H,8-10H2,1-3H3,(H,21,27)(H2,20,28,29)(H,22,24,25). The van der Waals surface area contributed by atoms with Crippen LogP contribution in [0.1, 0.15) is 24.2 Å². The van der Waals surface area contributed by atoms with Crippen molar-refractivity contribution in [2.75, 3.05) is 24.7 Å². The third-order valence-electron chi connectivity index (χ3n) is 4.39. The molecule has 2 heterocycles. The van der Waals surface area contributed by atoms with Gasteiger partial charge in [0, 0.05) is 18.7 Å². The molecule has 31 heavy (non-hydrogen) atoms. The Labute approximate surface area is 185 Å². The molecule has 0 aliphatic carbocycles. The fourth-order valence-electron chi connectivity index (χ4n) is 2.80. The number of hydrogen-bond donors (Lipinski definition) is 3. The van der Waals surface area contributed by atoms with E-state index in [1.165, 1.54) is 36.0 Å². The summed E-state index contributed by atoms with van der Waals surface area (Å²) in [5.74, 6) is 0.886. The van der Waals surface area contributed by atoms with E-state index in [0.29, 0.717) is 35.4 Å². The highest BCUT2D eigenvalue weighted by atomic mass is 32.2. The van der Waals surface area contributed by atoms with E-state index in [9.17, 15) is 13.2 Å². The van der Waals surface area contributed by atoms with Crippen molar-refractivity contribution < 1.29 is 13.2 Å². The maximum Gasteiger partial charge on any atom is 0.251 e. The number of amides is 1. The number of anilines is 1. The van der Waals surface area contributed by atoms with Crippen molar-refractivity contribution in [3.8, 4) is 0 Å². The Morgan fingerprint density at radius 3 is 2.55 bits per heavy atom. The molecule has 3 aromatic rings. The summed E-state index contributed by atoms with van der Waals surface area (Å²) in [6.45, 7) is 5.76. The Hall–Kier alpha value is -2.70. The highest BCUT2D eigenvalue weighted by Gasteiger charge is 2.14. The van der Waals surface area contributed by atoms with Crippen LogP contribution in [-0.2, 0) is 16.6 Å². The number of thioether (sulfide) groups is 1. The Morgan fingerprint density at radius 2 is 1.94 bits per heavy atom. The second-order valence-electron chi connectivity index (χ2n) is 7.26. The predicted octanol–water partition coefficient (Wildman–Crippen LogP) is 1.69. The van der Waals surface area contributed by atoms with Crippen LogP contribution in [-0.4, -0.2) is 53.4 Å². The van der Waals surface area contributed by atoms with E-state index in [2.05, 4.69) is 39.5 Å². The number of hydrogen-bond acceptors (Lipinski definition) is 8. The molecule has 4 N–H and O–H groups in total. The third-order valence-corrected chi connectivity index (χ3v) is 5.87. The molecule has 0 spiro atoms. The molecular formula is C19H25N7O3S2. The fraction of sp³-hybridized carbons (Fsp3) is 0.368. The lowest BCUT2D eigenvalue weighted by atomic mass is 10.2. The van der Waals surface area contributed by atoms with Crippen LogP contribution in [0.5, 0.6) is 0 Å². The minimum Gasteiger partial charge on any atom is -0.369 e. The van der Waals surface area contributed by atoms with Gasteiger partial charge in [-0.25, -0.2) is 28.2 Å². The summed E-state index contributed by atoms with van der Waals surface area (Å²) in [6.07, 6.45) is 3.63. The van der Waals surface area contributed by atoms with E-state index >= 15 is 0 Å². The lowest BCUT2D eigenvalue weighted by molar-refractivity contribution is 0.0952.